The lowest BCUT2D eigenvalue weighted by Gasteiger charge is -2.20. The van der Waals surface area contributed by atoms with Gasteiger partial charge in [0.2, 0.25) is 0 Å². The molecule has 0 radical (unpaired) electrons. The summed E-state index contributed by atoms with van der Waals surface area (Å²) in [4.78, 5) is 39.2. The molecule has 2 aromatic rings. The van der Waals surface area contributed by atoms with Gasteiger partial charge >= 0.3 is 5.97 Å². The molecule has 6 heteroatoms. The van der Waals surface area contributed by atoms with Crippen molar-refractivity contribution < 1.29 is 19.1 Å². The molecule has 0 aromatic heterocycles. The standard InChI is InChI=1S/C22H24N2O4/c1-28-22(27)18-11-4-5-12-19(18)23-20(25)16-9-8-10-17(15-16)21(26)24-13-6-2-3-7-14-24/h4-5,8-12,15H,2-3,6-7,13-14H2,1H3,(H,23,25). The van der Waals surface area contributed by atoms with Crippen LogP contribution in [0.5, 0.6) is 0 Å². The van der Waals surface area contributed by atoms with Crippen molar-refractivity contribution in [2.24, 2.45) is 0 Å². The van der Waals surface area contributed by atoms with Gasteiger partial charge in [0.25, 0.3) is 11.8 Å². The fourth-order valence-electron chi connectivity index (χ4n) is 3.32. The summed E-state index contributed by atoms with van der Waals surface area (Å²) in [6.07, 6.45) is 4.31. The maximum absolute atomic E-state index is 12.8. The molecular weight excluding hydrogens is 356 g/mol. The van der Waals surface area contributed by atoms with Gasteiger partial charge in [-0.3, -0.25) is 9.59 Å². The van der Waals surface area contributed by atoms with Crippen molar-refractivity contribution in [3.8, 4) is 0 Å². The van der Waals surface area contributed by atoms with E-state index in [1.807, 2.05) is 4.90 Å². The van der Waals surface area contributed by atoms with E-state index < -0.39 is 5.97 Å². The Morgan fingerprint density at radius 1 is 0.893 bits per heavy atom. The number of para-hydroxylation sites is 1. The largest absolute Gasteiger partial charge is 0.465 e. The molecule has 0 atom stereocenters. The Labute approximate surface area is 164 Å². The van der Waals surface area contributed by atoms with Gasteiger partial charge in [0.1, 0.15) is 0 Å². The highest BCUT2D eigenvalue weighted by Crippen LogP contribution is 2.19. The van der Waals surface area contributed by atoms with Crippen molar-refractivity contribution in [3.05, 3.63) is 65.2 Å². The van der Waals surface area contributed by atoms with E-state index in [9.17, 15) is 14.4 Å². The smallest absolute Gasteiger partial charge is 0.339 e. The van der Waals surface area contributed by atoms with Gasteiger partial charge in [0.15, 0.2) is 0 Å². The lowest BCUT2D eigenvalue weighted by molar-refractivity contribution is 0.0601. The Bertz CT molecular complexity index is 870. The number of hydrogen-bond donors (Lipinski definition) is 1. The topological polar surface area (TPSA) is 75.7 Å². The van der Waals surface area contributed by atoms with Crippen LogP contribution in [0.1, 0.15) is 56.8 Å². The van der Waals surface area contributed by atoms with Crippen LogP contribution in [0, 0.1) is 0 Å². The summed E-state index contributed by atoms with van der Waals surface area (Å²) >= 11 is 0. The van der Waals surface area contributed by atoms with E-state index in [0.29, 0.717) is 16.8 Å². The van der Waals surface area contributed by atoms with E-state index in [0.717, 1.165) is 38.8 Å². The predicted octanol–water partition coefficient (Wildman–Crippen LogP) is 3.74. The van der Waals surface area contributed by atoms with E-state index in [4.69, 9.17) is 4.74 Å². The van der Waals surface area contributed by atoms with Crippen LogP contribution < -0.4 is 5.32 Å². The Morgan fingerprint density at radius 3 is 2.29 bits per heavy atom. The van der Waals surface area contributed by atoms with Gasteiger partial charge in [0, 0.05) is 24.2 Å². The number of esters is 1. The van der Waals surface area contributed by atoms with Gasteiger partial charge < -0.3 is 15.0 Å². The SMILES string of the molecule is COC(=O)c1ccccc1NC(=O)c1cccc(C(=O)N2CCCCCC2)c1. The van der Waals surface area contributed by atoms with E-state index in [2.05, 4.69) is 5.32 Å². The zero-order chi connectivity index (χ0) is 19.9. The van der Waals surface area contributed by atoms with Crippen LogP contribution >= 0.6 is 0 Å². The van der Waals surface area contributed by atoms with Crippen LogP contribution in [-0.2, 0) is 4.74 Å². The summed E-state index contributed by atoms with van der Waals surface area (Å²) in [5.41, 5.74) is 1.50. The molecule has 28 heavy (non-hydrogen) atoms. The zero-order valence-corrected chi connectivity index (χ0v) is 15.9. The molecule has 3 rings (SSSR count). The van der Waals surface area contributed by atoms with Crippen molar-refractivity contribution >= 4 is 23.5 Å². The number of methoxy groups -OCH3 is 1. The predicted molar refractivity (Wildman–Crippen MR) is 107 cm³/mol. The number of hydrogen-bond acceptors (Lipinski definition) is 4. The van der Waals surface area contributed by atoms with Crippen LogP contribution in [0.4, 0.5) is 5.69 Å². The molecular formula is C22H24N2O4. The zero-order valence-electron chi connectivity index (χ0n) is 15.9. The second-order valence-corrected chi connectivity index (χ2v) is 6.78. The molecule has 2 aromatic carbocycles. The third kappa shape index (κ3) is 4.57. The highest BCUT2D eigenvalue weighted by Gasteiger charge is 2.19. The van der Waals surface area contributed by atoms with Crippen LogP contribution in [0.3, 0.4) is 0 Å². The van der Waals surface area contributed by atoms with Gasteiger partial charge in [-0.15, -0.1) is 0 Å². The Balaban J connectivity index is 1.78. The highest BCUT2D eigenvalue weighted by atomic mass is 16.5. The number of ether oxygens (including phenoxy) is 1. The molecule has 0 spiro atoms. The first-order valence-corrected chi connectivity index (χ1v) is 9.48. The number of rotatable bonds is 4. The number of nitrogens with zero attached hydrogens (tertiary/aromatic N) is 1. The number of likely N-dealkylation sites (tertiary alicyclic amines) is 1. The van der Waals surface area contributed by atoms with E-state index in [1.54, 1.807) is 48.5 Å². The maximum Gasteiger partial charge on any atom is 0.339 e. The third-order valence-electron chi connectivity index (χ3n) is 4.85. The first-order valence-electron chi connectivity index (χ1n) is 9.48. The quantitative estimate of drug-likeness (QED) is 0.820. The molecule has 6 nitrogen and oxygen atoms in total. The summed E-state index contributed by atoms with van der Waals surface area (Å²) in [5.74, 6) is -0.964. The Morgan fingerprint density at radius 2 is 1.57 bits per heavy atom. The Hall–Kier alpha value is -3.15. The van der Waals surface area contributed by atoms with E-state index >= 15 is 0 Å². The van der Waals surface area contributed by atoms with Crippen LogP contribution in [0.25, 0.3) is 0 Å². The maximum atomic E-state index is 12.8. The summed E-state index contributed by atoms with van der Waals surface area (Å²) in [6, 6.07) is 13.3. The minimum atomic E-state index is -0.527. The van der Waals surface area contributed by atoms with E-state index in [-0.39, 0.29) is 17.4 Å². The van der Waals surface area contributed by atoms with Gasteiger partial charge in [-0.2, -0.15) is 0 Å². The van der Waals surface area contributed by atoms with Crippen LogP contribution in [-0.4, -0.2) is 42.9 Å². The summed E-state index contributed by atoms with van der Waals surface area (Å²) < 4.78 is 4.75. The fraction of sp³-hybridized carbons (Fsp3) is 0.318. The van der Waals surface area contributed by atoms with Crippen LogP contribution in [0.15, 0.2) is 48.5 Å². The average Bonchev–Trinajstić information content (AvgIpc) is 3.02. The van der Waals surface area contributed by atoms with Gasteiger partial charge in [-0.1, -0.05) is 31.0 Å². The highest BCUT2D eigenvalue weighted by molar-refractivity contribution is 6.09. The van der Waals surface area contributed by atoms with Gasteiger partial charge in [0.05, 0.1) is 18.4 Å². The van der Waals surface area contributed by atoms with Crippen molar-refractivity contribution in [2.75, 3.05) is 25.5 Å². The normalized spacial score (nSPS) is 14.1. The number of benzene rings is 2. The first-order chi connectivity index (χ1) is 13.6. The monoisotopic (exact) mass is 380 g/mol. The summed E-state index contributed by atoms with van der Waals surface area (Å²) in [5, 5.41) is 2.73. The molecule has 0 bridgehead atoms. The summed E-state index contributed by atoms with van der Waals surface area (Å²) in [6.45, 7) is 1.50. The number of anilines is 1. The molecule has 1 N–H and O–H groups in total. The summed E-state index contributed by atoms with van der Waals surface area (Å²) in [7, 11) is 1.29. The van der Waals surface area contributed by atoms with Gasteiger partial charge in [-0.25, -0.2) is 4.79 Å². The molecule has 1 heterocycles. The molecule has 146 valence electrons. The molecule has 1 aliphatic rings. The number of carbonyl (C=O) groups is 3. The van der Waals surface area contributed by atoms with Crippen molar-refractivity contribution in [1.29, 1.82) is 0 Å². The second-order valence-electron chi connectivity index (χ2n) is 6.78. The van der Waals surface area contributed by atoms with Crippen molar-refractivity contribution in [3.63, 3.8) is 0 Å². The Kier molecular flexibility index (Phi) is 6.42. The van der Waals surface area contributed by atoms with Crippen LogP contribution in [0.2, 0.25) is 0 Å². The number of nitrogens with one attached hydrogen (secondary N) is 1. The van der Waals surface area contributed by atoms with Crippen molar-refractivity contribution in [2.45, 2.75) is 25.7 Å². The fourth-order valence-corrected chi connectivity index (χ4v) is 3.32. The molecule has 1 aliphatic heterocycles. The second kappa shape index (κ2) is 9.17. The number of amides is 2. The van der Waals surface area contributed by atoms with E-state index in [1.165, 1.54) is 7.11 Å². The molecule has 2 amide bonds. The number of carbonyl (C=O) groups excluding carboxylic acids is 3. The molecule has 0 unspecified atom stereocenters. The lowest BCUT2D eigenvalue weighted by Crippen LogP contribution is -2.32. The third-order valence-corrected chi connectivity index (χ3v) is 4.85. The average molecular weight is 380 g/mol. The molecule has 0 aliphatic carbocycles. The van der Waals surface area contributed by atoms with Gasteiger partial charge in [-0.05, 0) is 43.2 Å². The van der Waals surface area contributed by atoms with Crippen molar-refractivity contribution in [1.82, 2.24) is 4.90 Å². The molecule has 1 saturated heterocycles. The minimum Gasteiger partial charge on any atom is -0.465 e. The molecule has 0 saturated carbocycles. The minimum absolute atomic E-state index is 0.0495. The molecule has 1 fully saturated rings. The lowest BCUT2D eigenvalue weighted by atomic mass is 10.1. The first kappa shape index (κ1) is 19.6.